The van der Waals surface area contributed by atoms with Crippen LogP contribution in [0.4, 0.5) is 11.4 Å². The largest absolute Gasteiger partial charge is 0.326 e. The molecule has 2 amide bonds. The van der Waals surface area contributed by atoms with Crippen LogP contribution in [0.1, 0.15) is 21.7 Å². The van der Waals surface area contributed by atoms with E-state index in [1.165, 1.54) is 11.3 Å². The molecule has 0 spiro atoms. The van der Waals surface area contributed by atoms with Gasteiger partial charge >= 0.3 is 0 Å². The van der Waals surface area contributed by atoms with E-state index in [4.69, 9.17) is 0 Å². The van der Waals surface area contributed by atoms with Crippen molar-refractivity contribution in [2.45, 2.75) is 12.8 Å². The second-order valence-electron chi connectivity index (χ2n) is 5.69. The number of carbonyl (C=O) groups excluding carboxylic acids is 2. The van der Waals surface area contributed by atoms with Gasteiger partial charge in [-0.25, -0.2) is 0 Å². The Labute approximate surface area is 164 Å². The number of aryl methyl sites for hydroxylation is 1. The third kappa shape index (κ3) is 5.28. The van der Waals surface area contributed by atoms with Crippen molar-refractivity contribution in [3.63, 3.8) is 0 Å². The minimum Gasteiger partial charge on any atom is -0.326 e. The van der Waals surface area contributed by atoms with Crippen LogP contribution in [0.25, 0.3) is 0 Å². The van der Waals surface area contributed by atoms with Crippen LogP contribution in [0, 0.1) is 0 Å². The van der Waals surface area contributed by atoms with E-state index in [1.54, 1.807) is 30.3 Å². The Morgan fingerprint density at radius 2 is 1.69 bits per heavy atom. The van der Waals surface area contributed by atoms with Gasteiger partial charge in [-0.2, -0.15) is 0 Å². The predicted molar refractivity (Wildman–Crippen MR) is 110 cm³/mol. The minimum atomic E-state index is -0.155. The number of hydrogen-bond acceptors (Lipinski definition) is 3. The molecule has 0 bridgehead atoms. The molecule has 26 heavy (non-hydrogen) atoms. The third-order valence-corrected chi connectivity index (χ3v) is 5.04. The molecule has 0 fully saturated rings. The Kier molecular flexibility index (Phi) is 6.20. The lowest BCUT2D eigenvalue weighted by molar-refractivity contribution is -0.116. The van der Waals surface area contributed by atoms with Gasteiger partial charge in [0.1, 0.15) is 0 Å². The van der Waals surface area contributed by atoms with Crippen LogP contribution in [-0.4, -0.2) is 11.8 Å². The van der Waals surface area contributed by atoms with Crippen molar-refractivity contribution in [1.29, 1.82) is 0 Å². The molecule has 1 aromatic heterocycles. The molecule has 2 aromatic carbocycles. The summed E-state index contributed by atoms with van der Waals surface area (Å²) >= 11 is 4.82. The summed E-state index contributed by atoms with van der Waals surface area (Å²) in [7, 11) is 0. The summed E-state index contributed by atoms with van der Waals surface area (Å²) < 4.78 is 1.00. The van der Waals surface area contributed by atoms with Crippen LogP contribution in [0.5, 0.6) is 0 Å². The Morgan fingerprint density at radius 1 is 0.923 bits per heavy atom. The summed E-state index contributed by atoms with van der Waals surface area (Å²) in [6.07, 6.45) is 1.06. The lowest BCUT2D eigenvalue weighted by Crippen LogP contribution is -2.13. The van der Waals surface area contributed by atoms with Crippen molar-refractivity contribution in [2.24, 2.45) is 0 Å². The lowest BCUT2D eigenvalue weighted by atomic mass is 10.1. The summed E-state index contributed by atoms with van der Waals surface area (Å²) in [5, 5.41) is 7.57. The molecule has 0 aliphatic carbocycles. The highest BCUT2D eigenvalue weighted by atomic mass is 79.9. The number of rotatable bonds is 6. The van der Waals surface area contributed by atoms with Crippen molar-refractivity contribution in [2.75, 3.05) is 10.6 Å². The van der Waals surface area contributed by atoms with Crippen molar-refractivity contribution in [3.05, 3.63) is 81.0 Å². The molecule has 3 rings (SSSR count). The predicted octanol–water partition coefficient (Wildman–Crippen LogP) is 5.33. The monoisotopic (exact) mass is 428 g/mol. The van der Waals surface area contributed by atoms with Gasteiger partial charge in [0.15, 0.2) is 0 Å². The number of benzene rings is 2. The molecule has 1 heterocycles. The van der Waals surface area contributed by atoms with Crippen LogP contribution in [0.15, 0.2) is 70.5 Å². The summed E-state index contributed by atoms with van der Waals surface area (Å²) in [5.74, 6) is -0.218. The van der Waals surface area contributed by atoms with Crippen molar-refractivity contribution < 1.29 is 9.59 Å². The molecule has 0 radical (unpaired) electrons. The van der Waals surface area contributed by atoms with E-state index in [0.29, 0.717) is 29.1 Å². The van der Waals surface area contributed by atoms with Crippen LogP contribution in [0.3, 0.4) is 0 Å². The first-order valence-corrected chi connectivity index (χ1v) is 9.76. The normalized spacial score (nSPS) is 10.3. The van der Waals surface area contributed by atoms with E-state index in [0.717, 1.165) is 10.0 Å². The number of nitrogens with one attached hydrogen (secondary N) is 2. The number of halogens is 1. The van der Waals surface area contributed by atoms with E-state index in [-0.39, 0.29) is 11.8 Å². The number of amides is 2. The molecule has 0 saturated carbocycles. The molecule has 2 N–H and O–H groups in total. The lowest BCUT2D eigenvalue weighted by Gasteiger charge is -2.09. The fourth-order valence-electron chi connectivity index (χ4n) is 2.45. The minimum absolute atomic E-state index is 0.0632. The highest BCUT2D eigenvalue weighted by Gasteiger charge is 2.08. The van der Waals surface area contributed by atoms with E-state index in [2.05, 4.69) is 26.6 Å². The maximum Gasteiger partial charge on any atom is 0.265 e. The second-order valence-corrected chi connectivity index (χ2v) is 7.55. The standard InChI is InChI=1S/C20H17BrN2O2S/c21-15-5-1-4-14(12-15)9-10-19(24)22-16-6-2-7-17(13-16)23-20(25)18-8-3-11-26-18/h1-8,11-13H,9-10H2,(H,22,24)(H,23,25). The zero-order chi connectivity index (χ0) is 18.4. The zero-order valence-electron chi connectivity index (χ0n) is 13.9. The molecule has 0 atom stereocenters. The van der Waals surface area contributed by atoms with Crippen LogP contribution >= 0.6 is 27.3 Å². The first-order chi connectivity index (χ1) is 12.6. The van der Waals surface area contributed by atoms with Crippen LogP contribution < -0.4 is 10.6 Å². The number of hydrogen-bond donors (Lipinski definition) is 2. The summed E-state index contributed by atoms with van der Waals surface area (Å²) in [6, 6.07) is 18.7. The molecule has 0 saturated heterocycles. The fourth-order valence-corrected chi connectivity index (χ4v) is 3.51. The highest BCUT2D eigenvalue weighted by molar-refractivity contribution is 9.10. The van der Waals surface area contributed by atoms with E-state index in [9.17, 15) is 9.59 Å². The van der Waals surface area contributed by atoms with Gasteiger partial charge in [0.05, 0.1) is 4.88 Å². The van der Waals surface area contributed by atoms with Gasteiger partial charge in [0.2, 0.25) is 5.91 Å². The molecule has 0 aliphatic heterocycles. The Hall–Kier alpha value is -2.44. The molecule has 6 heteroatoms. The first kappa shape index (κ1) is 18.4. The third-order valence-electron chi connectivity index (χ3n) is 3.68. The van der Waals surface area contributed by atoms with E-state index < -0.39 is 0 Å². The van der Waals surface area contributed by atoms with Gasteiger partial charge in [-0.1, -0.05) is 40.2 Å². The van der Waals surface area contributed by atoms with Crippen molar-refractivity contribution >= 4 is 50.5 Å². The van der Waals surface area contributed by atoms with Gasteiger partial charge in [0, 0.05) is 22.3 Å². The van der Waals surface area contributed by atoms with Crippen LogP contribution in [-0.2, 0) is 11.2 Å². The van der Waals surface area contributed by atoms with Crippen molar-refractivity contribution in [3.8, 4) is 0 Å². The molecule has 0 unspecified atom stereocenters. The SMILES string of the molecule is O=C(CCc1cccc(Br)c1)Nc1cccc(NC(=O)c2cccs2)c1. The molecular weight excluding hydrogens is 412 g/mol. The maximum atomic E-state index is 12.2. The number of carbonyl (C=O) groups is 2. The fraction of sp³-hybridized carbons (Fsp3) is 0.100. The number of thiophene rings is 1. The Bertz CT molecular complexity index is 910. The molecule has 132 valence electrons. The van der Waals surface area contributed by atoms with Gasteiger partial charge in [0.25, 0.3) is 5.91 Å². The summed E-state index contributed by atoms with van der Waals surface area (Å²) in [6.45, 7) is 0. The topological polar surface area (TPSA) is 58.2 Å². The molecule has 4 nitrogen and oxygen atoms in total. The molecule has 3 aromatic rings. The van der Waals surface area contributed by atoms with Crippen LogP contribution in [0.2, 0.25) is 0 Å². The summed E-state index contributed by atoms with van der Waals surface area (Å²) in [4.78, 5) is 24.9. The second kappa shape index (κ2) is 8.78. The Balaban J connectivity index is 1.56. The average molecular weight is 429 g/mol. The summed E-state index contributed by atoms with van der Waals surface area (Å²) in [5.41, 5.74) is 2.41. The number of anilines is 2. The van der Waals surface area contributed by atoms with Gasteiger partial charge in [-0.3, -0.25) is 9.59 Å². The average Bonchev–Trinajstić information content (AvgIpc) is 3.15. The quantitative estimate of drug-likeness (QED) is 0.556. The van der Waals surface area contributed by atoms with Gasteiger partial charge < -0.3 is 10.6 Å². The first-order valence-electron chi connectivity index (χ1n) is 8.09. The highest BCUT2D eigenvalue weighted by Crippen LogP contribution is 2.18. The zero-order valence-corrected chi connectivity index (χ0v) is 16.3. The Morgan fingerprint density at radius 3 is 2.42 bits per heavy atom. The molecule has 0 aliphatic rings. The van der Waals surface area contributed by atoms with Gasteiger partial charge in [-0.05, 0) is 53.8 Å². The van der Waals surface area contributed by atoms with Crippen molar-refractivity contribution in [1.82, 2.24) is 0 Å². The van der Waals surface area contributed by atoms with E-state index in [1.807, 2.05) is 35.7 Å². The van der Waals surface area contributed by atoms with E-state index >= 15 is 0 Å². The van der Waals surface area contributed by atoms with Gasteiger partial charge in [-0.15, -0.1) is 11.3 Å². The smallest absolute Gasteiger partial charge is 0.265 e. The maximum absolute atomic E-state index is 12.2. The molecular formula is C20H17BrN2O2S.